The normalized spacial score (nSPS) is 12.0. The van der Waals surface area contributed by atoms with Gasteiger partial charge in [-0.25, -0.2) is 0 Å². The molecular formula is C21H25N5O2S. The zero-order valence-electron chi connectivity index (χ0n) is 16.8. The minimum Gasteiger partial charge on any atom is -0.383 e. The molecule has 0 bridgehead atoms. The molecule has 1 atom stereocenters. The minimum absolute atomic E-state index is 0.0778. The molecule has 0 aliphatic rings. The Balaban J connectivity index is 1.73. The Hall–Kier alpha value is -2.71. The third-order valence-electron chi connectivity index (χ3n) is 4.46. The molecule has 0 saturated carbocycles. The molecule has 1 amide bonds. The van der Waals surface area contributed by atoms with Crippen LogP contribution < -0.4 is 5.32 Å². The van der Waals surface area contributed by atoms with Crippen LogP contribution in [0.5, 0.6) is 0 Å². The molecule has 0 aliphatic carbocycles. The van der Waals surface area contributed by atoms with Gasteiger partial charge in [0.1, 0.15) is 0 Å². The van der Waals surface area contributed by atoms with Gasteiger partial charge in [0, 0.05) is 30.8 Å². The lowest BCUT2D eigenvalue weighted by Crippen LogP contribution is -2.23. The summed E-state index contributed by atoms with van der Waals surface area (Å²) >= 11 is 1.38. The van der Waals surface area contributed by atoms with Crippen molar-refractivity contribution in [2.24, 2.45) is 0 Å². The lowest BCUT2D eigenvalue weighted by atomic mass is 10.1. The van der Waals surface area contributed by atoms with Gasteiger partial charge in [-0.3, -0.25) is 14.3 Å². The zero-order valence-corrected chi connectivity index (χ0v) is 17.6. The fourth-order valence-corrected chi connectivity index (χ4v) is 3.63. The van der Waals surface area contributed by atoms with Crippen LogP contribution in [-0.2, 0) is 22.5 Å². The predicted molar refractivity (Wildman–Crippen MR) is 115 cm³/mol. The molecule has 0 spiro atoms. The van der Waals surface area contributed by atoms with Gasteiger partial charge >= 0.3 is 0 Å². The third-order valence-corrected chi connectivity index (χ3v) is 5.54. The van der Waals surface area contributed by atoms with Crippen molar-refractivity contribution < 1.29 is 9.53 Å². The van der Waals surface area contributed by atoms with Crippen LogP contribution in [-0.4, -0.2) is 44.6 Å². The monoisotopic (exact) mass is 411 g/mol. The highest BCUT2D eigenvalue weighted by molar-refractivity contribution is 8.00. The van der Waals surface area contributed by atoms with Crippen LogP contribution in [0.3, 0.4) is 0 Å². The Kier molecular flexibility index (Phi) is 7.37. The maximum Gasteiger partial charge on any atom is 0.237 e. The molecule has 2 aromatic heterocycles. The van der Waals surface area contributed by atoms with Gasteiger partial charge in [-0.2, -0.15) is 0 Å². The van der Waals surface area contributed by atoms with Gasteiger partial charge in [-0.15, -0.1) is 10.2 Å². The molecule has 0 saturated heterocycles. The first-order valence-electron chi connectivity index (χ1n) is 9.51. The number of aromatic nitrogens is 4. The highest BCUT2D eigenvalue weighted by Gasteiger charge is 2.21. The van der Waals surface area contributed by atoms with Gasteiger partial charge in [0.05, 0.1) is 18.4 Å². The van der Waals surface area contributed by atoms with E-state index >= 15 is 0 Å². The Morgan fingerprint density at radius 3 is 2.55 bits per heavy atom. The quantitative estimate of drug-likeness (QED) is 0.541. The van der Waals surface area contributed by atoms with E-state index in [1.165, 1.54) is 17.3 Å². The maximum absolute atomic E-state index is 12.7. The Morgan fingerprint density at radius 1 is 1.17 bits per heavy atom. The highest BCUT2D eigenvalue weighted by Crippen LogP contribution is 2.27. The molecule has 152 valence electrons. The number of ether oxygens (including phenoxy) is 1. The molecule has 0 radical (unpaired) electrons. The van der Waals surface area contributed by atoms with Crippen molar-refractivity contribution in [3.63, 3.8) is 0 Å². The molecule has 1 aromatic carbocycles. The zero-order chi connectivity index (χ0) is 20.6. The van der Waals surface area contributed by atoms with Gasteiger partial charge < -0.3 is 10.1 Å². The van der Waals surface area contributed by atoms with Crippen LogP contribution in [0.2, 0.25) is 0 Å². The first-order chi connectivity index (χ1) is 14.1. The first kappa shape index (κ1) is 21.0. The van der Waals surface area contributed by atoms with E-state index in [-0.39, 0.29) is 11.2 Å². The number of aryl methyl sites for hydroxylation is 1. The summed E-state index contributed by atoms with van der Waals surface area (Å²) in [6, 6.07) is 11.7. The summed E-state index contributed by atoms with van der Waals surface area (Å²) < 4.78 is 7.21. The van der Waals surface area contributed by atoms with Crippen LogP contribution in [0.1, 0.15) is 19.4 Å². The largest absolute Gasteiger partial charge is 0.383 e. The van der Waals surface area contributed by atoms with E-state index in [0.29, 0.717) is 18.3 Å². The number of hydrogen-bond donors (Lipinski definition) is 1. The summed E-state index contributed by atoms with van der Waals surface area (Å²) in [5.74, 6) is 0.653. The fraction of sp³-hybridized carbons (Fsp3) is 0.333. The summed E-state index contributed by atoms with van der Waals surface area (Å²) in [6.45, 7) is 5.08. The van der Waals surface area contributed by atoms with Crippen LogP contribution in [0.4, 0.5) is 5.69 Å². The van der Waals surface area contributed by atoms with E-state index in [2.05, 4.69) is 27.4 Å². The Labute approximate surface area is 174 Å². The summed E-state index contributed by atoms with van der Waals surface area (Å²) in [5.41, 5.74) is 2.95. The van der Waals surface area contributed by atoms with Gasteiger partial charge in [0.25, 0.3) is 0 Å². The molecule has 29 heavy (non-hydrogen) atoms. The average Bonchev–Trinajstić information content (AvgIpc) is 3.15. The number of anilines is 1. The van der Waals surface area contributed by atoms with Crippen molar-refractivity contribution in [2.45, 2.75) is 37.2 Å². The highest BCUT2D eigenvalue weighted by atomic mass is 32.2. The van der Waals surface area contributed by atoms with Gasteiger partial charge in [-0.1, -0.05) is 30.8 Å². The van der Waals surface area contributed by atoms with Gasteiger partial charge in [0.15, 0.2) is 11.0 Å². The van der Waals surface area contributed by atoms with E-state index in [0.717, 1.165) is 23.5 Å². The molecule has 2 heterocycles. The van der Waals surface area contributed by atoms with Gasteiger partial charge in [-0.05, 0) is 43.2 Å². The topological polar surface area (TPSA) is 81.9 Å². The summed E-state index contributed by atoms with van der Waals surface area (Å²) in [6.07, 6.45) is 4.41. The maximum atomic E-state index is 12.7. The predicted octanol–water partition coefficient (Wildman–Crippen LogP) is 3.67. The van der Waals surface area contributed by atoms with Crippen LogP contribution in [0.15, 0.2) is 53.9 Å². The number of carbonyl (C=O) groups is 1. The Bertz CT molecular complexity index is 928. The number of rotatable bonds is 9. The van der Waals surface area contributed by atoms with E-state index in [4.69, 9.17) is 4.74 Å². The van der Waals surface area contributed by atoms with Crippen molar-refractivity contribution in [3.05, 3.63) is 54.4 Å². The number of hydrogen-bond acceptors (Lipinski definition) is 6. The van der Waals surface area contributed by atoms with E-state index in [9.17, 15) is 4.79 Å². The van der Waals surface area contributed by atoms with Crippen LogP contribution >= 0.6 is 11.8 Å². The number of amides is 1. The standard InChI is InChI=1S/C21H25N5O2S/c1-4-16-5-7-18(8-6-16)23-20(27)15(2)29-21-25-24-19(26(21)13-14-28-3)17-9-11-22-12-10-17/h5-12,15H,4,13-14H2,1-3H3,(H,23,27). The van der Waals surface area contributed by atoms with E-state index in [1.807, 2.05) is 47.9 Å². The summed E-state index contributed by atoms with van der Waals surface area (Å²) in [4.78, 5) is 16.7. The third kappa shape index (κ3) is 5.42. The van der Waals surface area contributed by atoms with Crippen LogP contribution in [0.25, 0.3) is 11.4 Å². The Morgan fingerprint density at radius 2 is 1.90 bits per heavy atom. The second kappa shape index (κ2) is 10.2. The minimum atomic E-state index is -0.336. The number of methoxy groups -OCH3 is 1. The summed E-state index contributed by atoms with van der Waals surface area (Å²) in [5, 5.41) is 12.0. The second-order valence-corrected chi connectivity index (χ2v) is 7.79. The molecular weight excluding hydrogens is 386 g/mol. The number of nitrogens with zero attached hydrogens (tertiary/aromatic N) is 4. The molecule has 3 aromatic rings. The van der Waals surface area contributed by atoms with Crippen LogP contribution in [0, 0.1) is 0 Å². The van der Waals surface area contributed by atoms with Crippen molar-refractivity contribution in [1.82, 2.24) is 19.7 Å². The van der Waals surface area contributed by atoms with Crippen molar-refractivity contribution in [1.29, 1.82) is 0 Å². The van der Waals surface area contributed by atoms with Crippen molar-refractivity contribution in [2.75, 3.05) is 19.0 Å². The number of nitrogens with one attached hydrogen (secondary N) is 1. The molecule has 8 heteroatoms. The number of benzene rings is 1. The van der Waals surface area contributed by atoms with Gasteiger partial charge in [0.2, 0.25) is 5.91 Å². The lowest BCUT2D eigenvalue weighted by molar-refractivity contribution is -0.115. The number of pyridine rings is 1. The molecule has 0 fully saturated rings. The van der Waals surface area contributed by atoms with Crippen molar-refractivity contribution >= 4 is 23.4 Å². The molecule has 7 nitrogen and oxygen atoms in total. The number of thioether (sulfide) groups is 1. The first-order valence-corrected chi connectivity index (χ1v) is 10.4. The number of carbonyl (C=O) groups excluding carboxylic acids is 1. The fourth-order valence-electron chi connectivity index (χ4n) is 2.75. The molecule has 1 N–H and O–H groups in total. The molecule has 3 rings (SSSR count). The van der Waals surface area contributed by atoms with Crippen molar-refractivity contribution in [3.8, 4) is 11.4 Å². The SMILES string of the molecule is CCc1ccc(NC(=O)C(C)Sc2nnc(-c3ccncc3)n2CCOC)cc1. The molecule has 1 unspecified atom stereocenters. The van der Waals surface area contributed by atoms with E-state index in [1.54, 1.807) is 19.5 Å². The average molecular weight is 412 g/mol. The smallest absolute Gasteiger partial charge is 0.237 e. The summed E-state index contributed by atoms with van der Waals surface area (Å²) in [7, 11) is 1.66. The van der Waals surface area contributed by atoms with E-state index < -0.39 is 0 Å². The molecule has 0 aliphatic heterocycles. The second-order valence-electron chi connectivity index (χ2n) is 6.49. The lowest BCUT2D eigenvalue weighted by Gasteiger charge is -2.14.